The van der Waals surface area contributed by atoms with Gasteiger partial charge in [-0.2, -0.15) is 0 Å². The first kappa shape index (κ1) is 17.1. The van der Waals surface area contributed by atoms with Gasteiger partial charge in [-0.1, -0.05) is 84.9 Å². The molecule has 0 bridgehead atoms. The fraction of sp³-hybridized carbons (Fsp3) is 0. The van der Waals surface area contributed by atoms with Crippen molar-refractivity contribution in [3.05, 3.63) is 120 Å². The van der Waals surface area contributed by atoms with Crippen molar-refractivity contribution in [2.75, 3.05) is 0 Å². The largest absolute Gasteiger partial charge is 0.289 e. The molecule has 0 aliphatic heterocycles. The Balaban J connectivity index is 0.00000100. The lowest BCUT2D eigenvalue weighted by Crippen LogP contribution is -2.10. The highest BCUT2D eigenvalue weighted by molar-refractivity contribution is 6.19. The van der Waals surface area contributed by atoms with Gasteiger partial charge in [0.1, 0.15) is 0 Å². The van der Waals surface area contributed by atoms with Crippen LogP contribution in [0.3, 0.4) is 0 Å². The predicted octanol–water partition coefficient (Wildman–Crippen LogP) is 4.95. The molecule has 0 aromatic heterocycles. The molecule has 0 radical (unpaired) electrons. The molecule has 0 heterocycles. The smallest absolute Gasteiger partial charge is 0.193 e. The van der Waals surface area contributed by atoms with Gasteiger partial charge in [0, 0.05) is 22.3 Å². The van der Waals surface area contributed by atoms with E-state index in [-0.39, 0.29) is 11.6 Å². The fourth-order valence-corrected chi connectivity index (χ4v) is 2.37. The van der Waals surface area contributed by atoms with Crippen LogP contribution in [0.5, 0.6) is 0 Å². The maximum absolute atomic E-state index is 12.7. The van der Waals surface area contributed by atoms with Crippen LogP contribution < -0.4 is 0 Å². The van der Waals surface area contributed by atoms with Gasteiger partial charge < -0.3 is 0 Å². The van der Waals surface area contributed by atoms with E-state index >= 15 is 0 Å². The van der Waals surface area contributed by atoms with Gasteiger partial charge in [-0.25, -0.2) is 0 Å². The van der Waals surface area contributed by atoms with Crippen molar-refractivity contribution in [2.45, 2.75) is 0 Å². The van der Waals surface area contributed by atoms with Gasteiger partial charge in [-0.15, -0.1) is 13.2 Å². The van der Waals surface area contributed by atoms with Crippen LogP contribution in [0.15, 0.2) is 98.1 Å². The van der Waals surface area contributed by atoms with E-state index in [9.17, 15) is 9.59 Å². The van der Waals surface area contributed by atoms with Crippen molar-refractivity contribution in [3.8, 4) is 0 Å². The van der Waals surface area contributed by atoms with Crippen LogP contribution >= 0.6 is 0 Å². The number of hydrogen-bond donors (Lipinski definition) is 0. The highest BCUT2D eigenvalue weighted by Crippen LogP contribution is 2.18. The molecule has 0 saturated heterocycles. The first-order valence-corrected chi connectivity index (χ1v) is 7.56. The van der Waals surface area contributed by atoms with Crippen LogP contribution in [0.1, 0.15) is 31.8 Å². The molecule has 0 amide bonds. The molecule has 118 valence electrons. The topological polar surface area (TPSA) is 34.1 Å². The molecule has 0 aliphatic rings. The molecule has 0 atom stereocenters. The maximum Gasteiger partial charge on any atom is 0.193 e. The lowest BCUT2D eigenvalue weighted by Gasteiger charge is -2.08. The summed E-state index contributed by atoms with van der Waals surface area (Å²) >= 11 is 0. The minimum Gasteiger partial charge on any atom is -0.289 e. The average Bonchev–Trinajstić information content (AvgIpc) is 2.70. The van der Waals surface area contributed by atoms with E-state index in [1.165, 1.54) is 0 Å². The first-order chi connectivity index (χ1) is 11.8. The van der Waals surface area contributed by atoms with E-state index in [1.807, 2.05) is 36.4 Å². The van der Waals surface area contributed by atoms with Crippen LogP contribution in [0, 0.1) is 0 Å². The van der Waals surface area contributed by atoms with Crippen molar-refractivity contribution >= 4 is 11.6 Å². The molecular weight excluding hydrogens is 296 g/mol. The Kier molecular flexibility index (Phi) is 5.98. The van der Waals surface area contributed by atoms with Gasteiger partial charge in [-0.3, -0.25) is 9.59 Å². The second-order valence-electron chi connectivity index (χ2n) is 4.94. The van der Waals surface area contributed by atoms with Crippen LogP contribution in [-0.4, -0.2) is 11.6 Å². The summed E-state index contributed by atoms with van der Waals surface area (Å²) in [4.78, 5) is 25.3. The summed E-state index contributed by atoms with van der Waals surface area (Å²) in [5.74, 6) is -0.277. The summed E-state index contributed by atoms with van der Waals surface area (Å²) in [6, 6.07) is 25.0. The standard InChI is InChI=1S/C20H14O2.C2H4/c21-19(15-9-3-1-4-10-15)17-13-7-8-14-18(17)20(22)16-11-5-2-6-12-16;1-2/h1-14H;1-2H2. The van der Waals surface area contributed by atoms with Crippen LogP contribution in [-0.2, 0) is 0 Å². The molecule has 24 heavy (non-hydrogen) atoms. The molecule has 0 aliphatic carbocycles. The SMILES string of the molecule is C=C.O=C(c1ccccc1)c1ccccc1C(=O)c1ccccc1. The van der Waals surface area contributed by atoms with E-state index < -0.39 is 0 Å². The summed E-state index contributed by atoms with van der Waals surface area (Å²) in [5, 5.41) is 0. The van der Waals surface area contributed by atoms with Crippen molar-refractivity contribution in [3.63, 3.8) is 0 Å². The van der Waals surface area contributed by atoms with E-state index in [0.29, 0.717) is 22.3 Å². The Bertz CT molecular complexity index is 750. The zero-order valence-electron chi connectivity index (χ0n) is 13.3. The number of carbonyl (C=O) groups is 2. The highest BCUT2D eigenvalue weighted by atomic mass is 16.1. The molecule has 2 nitrogen and oxygen atoms in total. The fourth-order valence-electron chi connectivity index (χ4n) is 2.37. The second kappa shape index (κ2) is 8.39. The average molecular weight is 314 g/mol. The second-order valence-corrected chi connectivity index (χ2v) is 4.94. The lowest BCUT2D eigenvalue weighted by atomic mass is 9.93. The summed E-state index contributed by atoms with van der Waals surface area (Å²) < 4.78 is 0. The zero-order valence-corrected chi connectivity index (χ0v) is 13.3. The Morgan fingerprint density at radius 2 is 0.792 bits per heavy atom. The molecule has 0 unspecified atom stereocenters. The summed E-state index contributed by atoms with van der Waals surface area (Å²) in [6.45, 7) is 6.00. The highest BCUT2D eigenvalue weighted by Gasteiger charge is 2.18. The van der Waals surface area contributed by atoms with Crippen LogP contribution in [0.2, 0.25) is 0 Å². The third kappa shape index (κ3) is 3.73. The van der Waals surface area contributed by atoms with E-state index in [2.05, 4.69) is 13.2 Å². The van der Waals surface area contributed by atoms with E-state index in [4.69, 9.17) is 0 Å². The van der Waals surface area contributed by atoms with E-state index in [1.54, 1.807) is 48.5 Å². The van der Waals surface area contributed by atoms with Gasteiger partial charge in [0.2, 0.25) is 0 Å². The number of ketones is 2. The number of rotatable bonds is 4. The monoisotopic (exact) mass is 314 g/mol. The van der Waals surface area contributed by atoms with Gasteiger partial charge in [0.05, 0.1) is 0 Å². The van der Waals surface area contributed by atoms with Crippen molar-refractivity contribution < 1.29 is 9.59 Å². The summed E-state index contributed by atoms with van der Waals surface area (Å²) in [7, 11) is 0. The molecule has 0 N–H and O–H groups in total. The normalized spacial score (nSPS) is 9.50. The van der Waals surface area contributed by atoms with Crippen molar-refractivity contribution in [1.29, 1.82) is 0 Å². The van der Waals surface area contributed by atoms with Gasteiger partial charge in [0.25, 0.3) is 0 Å². The molecule has 3 aromatic rings. The summed E-state index contributed by atoms with van der Waals surface area (Å²) in [6.07, 6.45) is 0. The quantitative estimate of drug-likeness (QED) is 0.504. The first-order valence-electron chi connectivity index (χ1n) is 7.56. The number of carbonyl (C=O) groups excluding carboxylic acids is 2. The minimum absolute atomic E-state index is 0.138. The number of benzene rings is 3. The zero-order chi connectivity index (χ0) is 17.4. The Labute approximate surface area is 142 Å². The molecule has 3 aromatic carbocycles. The Morgan fingerprint density at radius 3 is 1.12 bits per heavy atom. The Morgan fingerprint density at radius 1 is 0.500 bits per heavy atom. The van der Waals surface area contributed by atoms with E-state index in [0.717, 1.165) is 0 Å². The lowest BCUT2D eigenvalue weighted by molar-refractivity contribution is 0.100. The third-order valence-corrected chi connectivity index (χ3v) is 3.49. The summed E-state index contributed by atoms with van der Waals surface area (Å²) in [5.41, 5.74) is 2.02. The molecule has 2 heteroatoms. The van der Waals surface area contributed by atoms with Crippen molar-refractivity contribution in [1.82, 2.24) is 0 Å². The maximum atomic E-state index is 12.7. The van der Waals surface area contributed by atoms with Gasteiger partial charge >= 0.3 is 0 Å². The molecule has 0 spiro atoms. The number of hydrogen-bond acceptors (Lipinski definition) is 2. The third-order valence-electron chi connectivity index (χ3n) is 3.49. The van der Waals surface area contributed by atoms with Gasteiger partial charge in [-0.05, 0) is 0 Å². The predicted molar refractivity (Wildman–Crippen MR) is 97.4 cm³/mol. The van der Waals surface area contributed by atoms with Gasteiger partial charge in [0.15, 0.2) is 11.6 Å². The molecule has 0 saturated carbocycles. The van der Waals surface area contributed by atoms with Crippen LogP contribution in [0.25, 0.3) is 0 Å². The minimum atomic E-state index is -0.138. The Hall–Kier alpha value is -3.26. The molecule has 3 rings (SSSR count). The molecular formula is C22H18O2. The van der Waals surface area contributed by atoms with Crippen molar-refractivity contribution in [2.24, 2.45) is 0 Å². The van der Waals surface area contributed by atoms with Crippen LogP contribution in [0.4, 0.5) is 0 Å². The molecule has 0 fully saturated rings.